The number of thioether (sulfide) groups is 1. The summed E-state index contributed by atoms with van der Waals surface area (Å²) in [6, 6.07) is 0.636. The van der Waals surface area contributed by atoms with Crippen molar-refractivity contribution in [3.8, 4) is 0 Å². The van der Waals surface area contributed by atoms with Gasteiger partial charge in [-0.05, 0) is 46.5 Å². The second kappa shape index (κ2) is 13.4. The van der Waals surface area contributed by atoms with E-state index in [9.17, 15) is 14.4 Å². The van der Waals surface area contributed by atoms with Gasteiger partial charge in [-0.2, -0.15) is 0 Å². The van der Waals surface area contributed by atoms with E-state index in [1.54, 1.807) is 16.0 Å². The van der Waals surface area contributed by atoms with Gasteiger partial charge in [0, 0.05) is 38.3 Å². The number of carbonyl (C=O) groups excluding carboxylic acids is 3. The fourth-order valence-corrected chi connectivity index (χ4v) is 7.34. The van der Waals surface area contributed by atoms with Gasteiger partial charge in [-0.3, -0.25) is 10.1 Å². The molecule has 11 heteroatoms. The molecular weight excluding hydrogens is 522 g/mol. The third-order valence-corrected chi connectivity index (χ3v) is 9.58. The molecule has 2 aliphatic carbocycles. The number of aromatic nitrogens is 1. The average Bonchev–Trinajstić information content (AvgIpc) is 3.35. The van der Waals surface area contributed by atoms with Crippen molar-refractivity contribution in [1.82, 2.24) is 19.7 Å². The van der Waals surface area contributed by atoms with Gasteiger partial charge in [0.25, 0.3) is 0 Å². The summed E-state index contributed by atoms with van der Waals surface area (Å²) in [7, 11) is 0. The van der Waals surface area contributed by atoms with Crippen LogP contribution >= 0.6 is 23.1 Å². The van der Waals surface area contributed by atoms with Crippen LogP contribution < -0.4 is 5.32 Å². The van der Waals surface area contributed by atoms with Crippen molar-refractivity contribution in [2.24, 2.45) is 0 Å². The van der Waals surface area contributed by atoms with E-state index in [1.165, 1.54) is 61.6 Å². The molecule has 38 heavy (non-hydrogen) atoms. The predicted octanol–water partition coefficient (Wildman–Crippen LogP) is 5.81. The highest BCUT2D eigenvalue weighted by molar-refractivity contribution is 8.01. The molecule has 3 aliphatic rings. The Morgan fingerprint density at radius 3 is 2.08 bits per heavy atom. The minimum absolute atomic E-state index is 0.0198. The average molecular weight is 566 g/mol. The topological polar surface area (TPSA) is 95.1 Å². The van der Waals surface area contributed by atoms with Gasteiger partial charge >= 0.3 is 12.1 Å². The molecule has 3 fully saturated rings. The standard InChI is InChI=1S/C27H43N5O4S2/c1-27(2,3)36-26(35)31-16-14-30(15-17-31)22(33)19-37-23-18-28-24(38-23)29-25(34)32(20-10-6-4-7-11-20)21-12-8-5-9-13-21/h18,20-21H,4-17,19H2,1-3H3,(H,28,29,34). The number of piperazine rings is 1. The fraction of sp³-hybridized carbons (Fsp3) is 0.778. The van der Waals surface area contributed by atoms with Crippen molar-refractivity contribution < 1.29 is 19.1 Å². The Morgan fingerprint density at radius 2 is 1.53 bits per heavy atom. The van der Waals surface area contributed by atoms with E-state index in [4.69, 9.17) is 4.74 Å². The molecule has 4 amide bonds. The number of hydrogen-bond acceptors (Lipinski definition) is 7. The largest absolute Gasteiger partial charge is 0.444 e. The first-order valence-corrected chi connectivity index (χ1v) is 15.9. The molecular formula is C27H43N5O4S2. The Morgan fingerprint density at radius 1 is 0.974 bits per heavy atom. The predicted molar refractivity (Wildman–Crippen MR) is 152 cm³/mol. The number of amides is 4. The lowest BCUT2D eigenvalue weighted by Crippen LogP contribution is -2.52. The van der Waals surface area contributed by atoms with Gasteiger partial charge in [-0.15, -0.1) is 11.8 Å². The molecule has 0 aromatic carbocycles. The Kier molecular flexibility index (Phi) is 10.2. The van der Waals surface area contributed by atoms with Gasteiger partial charge in [-0.1, -0.05) is 49.9 Å². The second-order valence-electron chi connectivity index (χ2n) is 11.5. The second-order valence-corrected chi connectivity index (χ2v) is 13.8. The summed E-state index contributed by atoms with van der Waals surface area (Å²) in [4.78, 5) is 48.5. The third kappa shape index (κ3) is 8.24. The van der Waals surface area contributed by atoms with Crippen LogP contribution in [0.4, 0.5) is 14.7 Å². The number of nitrogens with zero attached hydrogens (tertiary/aromatic N) is 4. The molecule has 1 aliphatic heterocycles. The molecule has 0 radical (unpaired) electrons. The van der Waals surface area contributed by atoms with Gasteiger partial charge in [0.1, 0.15) is 5.60 Å². The van der Waals surface area contributed by atoms with E-state index in [-0.39, 0.29) is 18.0 Å². The molecule has 0 atom stereocenters. The van der Waals surface area contributed by atoms with E-state index in [2.05, 4.69) is 15.2 Å². The Balaban J connectivity index is 1.25. The Hall–Kier alpha value is -2.01. The molecule has 0 bridgehead atoms. The number of rotatable bonds is 6. The quantitative estimate of drug-likeness (QED) is 0.437. The summed E-state index contributed by atoms with van der Waals surface area (Å²) in [5.74, 6) is 0.344. The molecule has 212 valence electrons. The number of ether oxygens (including phenoxy) is 1. The highest BCUT2D eigenvalue weighted by atomic mass is 32.2. The maximum atomic E-state index is 13.4. The van der Waals surface area contributed by atoms with Gasteiger partial charge in [0.2, 0.25) is 5.91 Å². The number of hydrogen-bond donors (Lipinski definition) is 1. The summed E-state index contributed by atoms with van der Waals surface area (Å²) in [5.41, 5.74) is -0.530. The summed E-state index contributed by atoms with van der Waals surface area (Å²) in [5, 5.41) is 3.67. The lowest BCUT2D eigenvalue weighted by Gasteiger charge is -2.41. The monoisotopic (exact) mass is 565 g/mol. The van der Waals surface area contributed by atoms with Crippen molar-refractivity contribution in [3.05, 3.63) is 6.20 Å². The van der Waals surface area contributed by atoms with Crippen LogP contribution in [0.25, 0.3) is 0 Å². The van der Waals surface area contributed by atoms with Crippen molar-refractivity contribution in [2.45, 2.75) is 107 Å². The van der Waals surface area contributed by atoms with E-state index in [0.29, 0.717) is 49.1 Å². The van der Waals surface area contributed by atoms with Crippen LogP contribution in [0, 0.1) is 0 Å². The summed E-state index contributed by atoms with van der Waals surface area (Å²) in [6.45, 7) is 7.49. The number of anilines is 1. The van der Waals surface area contributed by atoms with Crippen molar-refractivity contribution in [2.75, 3.05) is 37.2 Å². The number of nitrogens with one attached hydrogen (secondary N) is 1. The van der Waals surface area contributed by atoms with E-state index >= 15 is 0 Å². The van der Waals surface area contributed by atoms with E-state index in [0.717, 1.165) is 29.9 Å². The van der Waals surface area contributed by atoms with Crippen molar-refractivity contribution in [1.29, 1.82) is 0 Å². The van der Waals surface area contributed by atoms with Gasteiger partial charge < -0.3 is 19.4 Å². The first-order valence-electron chi connectivity index (χ1n) is 14.1. The smallest absolute Gasteiger partial charge is 0.410 e. The molecule has 1 N–H and O–H groups in total. The summed E-state index contributed by atoms with van der Waals surface area (Å²) >= 11 is 2.87. The van der Waals surface area contributed by atoms with Crippen molar-refractivity contribution >= 4 is 46.3 Å². The van der Waals surface area contributed by atoms with E-state index in [1.807, 2.05) is 20.8 Å². The highest BCUT2D eigenvalue weighted by Crippen LogP contribution is 2.32. The summed E-state index contributed by atoms with van der Waals surface area (Å²) in [6.07, 6.45) is 13.1. The first-order chi connectivity index (χ1) is 18.2. The van der Waals surface area contributed by atoms with Crippen LogP contribution in [0.3, 0.4) is 0 Å². The van der Waals surface area contributed by atoms with Crippen LogP contribution in [0.5, 0.6) is 0 Å². The van der Waals surface area contributed by atoms with Crippen LogP contribution in [0.2, 0.25) is 0 Å². The lowest BCUT2D eigenvalue weighted by molar-refractivity contribution is -0.130. The Labute approximate surface area is 235 Å². The number of urea groups is 1. The van der Waals surface area contributed by atoms with Crippen LogP contribution in [-0.4, -0.2) is 87.3 Å². The van der Waals surface area contributed by atoms with Gasteiger partial charge in [0.15, 0.2) is 5.13 Å². The minimum Gasteiger partial charge on any atom is -0.444 e. The maximum absolute atomic E-state index is 13.4. The van der Waals surface area contributed by atoms with Gasteiger partial charge in [-0.25, -0.2) is 14.6 Å². The molecule has 1 aromatic rings. The number of thiazole rings is 1. The summed E-state index contributed by atoms with van der Waals surface area (Å²) < 4.78 is 6.34. The lowest BCUT2D eigenvalue weighted by atomic mass is 9.89. The van der Waals surface area contributed by atoms with Crippen molar-refractivity contribution in [3.63, 3.8) is 0 Å². The molecule has 1 saturated heterocycles. The van der Waals surface area contributed by atoms with Crippen LogP contribution in [0.1, 0.15) is 85.0 Å². The zero-order chi connectivity index (χ0) is 27.1. The Bertz CT molecular complexity index is 928. The molecule has 4 rings (SSSR count). The van der Waals surface area contributed by atoms with Gasteiger partial charge in [0.05, 0.1) is 16.2 Å². The maximum Gasteiger partial charge on any atom is 0.410 e. The minimum atomic E-state index is -0.530. The molecule has 9 nitrogen and oxygen atoms in total. The molecule has 2 heterocycles. The SMILES string of the molecule is CC(C)(C)OC(=O)N1CCN(C(=O)CSc2cnc(NC(=O)N(C3CCCCC3)C3CCCCC3)s2)CC1. The highest BCUT2D eigenvalue weighted by Gasteiger charge is 2.33. The molecule has 0 unspecified atom stereocenters. The molecule has 0 spiro atoms. The van der Waals surface area contributed by atoms with Crippen LogP contribution in [0.15, 0.2) is 10.4 Å². The molecule has 1 aromatic heterocycles. The van der Waals surface area contributed by atoms with E-state index < -0.39 is 5.60 Å². The first kappa shape index (κ1) is 29.0. The third-order valence-electron chi connectivity index (χ3n) is 7.49. The molecule has 2 saturated carbocycles. The zero-order valence-corrected chi connectivity index (χ0v) is 24.7. The zero-order valence-electron chi connectivity index (χ0n) is 23.1. The van der Waals surface area contributed by atoms with Crippen LogP contribution in [-0.2, 0) is 9.53 Å². The fourth-order valence-electron chi connectivity index (χ4n) is 5.58. The normalized spacial score (nSPS) is 19.8. The number of carbonyl (C=O) groups is 3.